The number of aromatic amines is 1. The highest BCUT2D eigenvalue weighted by atomic mass is 32.2. The summed E-state index contributed by atoms with van der Waals surface area (Å²) in [6, 6.07) is -0.320. The van der Waals surface area contributed by atoms with Crippen molar-refractivity contribution in [3.8, 4) is 0 Å². The van der Waals surface area contributed by atoms with Gasteiger partial charge < -0.3 is 5.11 Å². The highest BCUT2D eigenvalue weighted by Crippen LogP contribution is 2.29. The van der Waals surface area contributed by atoms with Crippen LogP contribution in [0.25, 0.3) is 0 Å². The molecule has 1 aliphatic rings. The molecule has 2 atom stereocenters. The molecule has 0 saturated carbocycles. The van der Waals surface area contributed by atoms with Crippen molar-refractivity contribution in [2.75, 3.05) is 13.2 Å². The average molecular weight is 245 g/mol. The van der Waals surface area contributed by atoms with E-state index in [0.717, 1.165) is 6.42 Å². The van der Waals surface area contributed by atoms with Crippen molar-refractivity contribution in [2.24, 2.45) is 5.92 Å². The number of rotatable bonds is 3. The first-order valence-corrected chi connectivity index (χ1v) is 6.63. The van der Waals surface area contributed by atoms with Gasteiger partial charge in [0, 0.05) is 12.7 Å². The van der Waals surface area contributed by atoms with E-state index in [9.17, 15) is 13.5 Å². The molecule has 0 bridgehead atoms. The predicted molar refractivity (Wildman–Crippen MR) is 57.1 cm³/mol. The summed E-state index contributed by atoms with van der Waals surface area (Å²) < 4.78 is 25.7. The van der Waals surface area contributed by atoms with Crippen molar-refractivity contribution in [1.82, 2.24) is 14.5 Å². The first-order chi connectivity index (χ1) is 7.57. The molecule has 6 nitrogen and oxygen atoms in total. The summed E-state index contributed by atoms with van der Waals surface area (Å²) in [6.45, 7) is 2.27. The number of aliphatic hydroxyl groups excluding tert-OH is 1. The fraction of sp³-hybridized carbons (Fsp3) is 0.667. The summed E-state index contributed by atoms with van der Waals surface area (Å²) in [4.78, 5) is 0.153. The predicted octanol–water partition coefficient (Wildman–Crippen LogP) is -0.199. The normalized spacial score (nSPS) is 27.4. The molecule has 1 saturated heterocycles. The van der Waals surface area contributed by atoms with E-state index in [1.807, 2.05) is 6.92 Å². The van der Waals surface area contributed by atoms with Gasteiger partial charge in [0.15, 0.2) is 0 Å². The topological polar surface area (TPSA) is 86.3 Å². The Morgan fingerprint density at radius 3 is 3.00 bits per heavy atom. The van der Waals surface area contributed by atoms with Gasteiger partial charge in [-0.15, -0.1) is 0 Å². The lowest BCUT2D eigenvalue weighted by Crippen LogP contribution is -2.39. The number of nitrogens with one attached hydrogen (secondary N) is 1. The molecule has 0 aromatic carbocycles. The fourth-order valence-electron chi connectivity index (χ4n) is 2.06. The molecule has 0 spiro atoms. The van der Waals surface area contributed by atoms with Crippen LogP contribution in [0.3, 0.4) is 0 Å². The van der Waals surface area contributed by atoms with Gasteiger partial charge in [0.05, 0.1) is 18.8 Å². The largest absolute Gasteiger partial charge is 0.395 e. The zero-order chi connectivity index (χ0) is 11.8. The molecule has 1 aromatic rings. The van der Waals surface area contributed by atoms with Gasteiger partial charge in [0.25, 0.3) is 0 Å². The standard InChI is InChI=1S/C9H15N3O3S/c1-7-2-3-12(9(7)6-13)16(14,15)8-4-10-11-5-8/h4-5,7,9,13H,2-3,6H2,1H3,(H,10,11). The second-order valence-electron chi connectivity index (χ2n) is 4.07. The Labute approximate surface area is 94.3 Å². The number of hydrogen-bond donors (Lipinski definition) is 2. The summed E-state index contributed by atoms with van der Waals surface area (Å²) in [5.74, 6) is 0.187. The maximum atomic E-state index is 12.2. The Morgan fingerprint density at radius 2 is 2.44 bits per heavy atom. The van der Waals surface area contributed by atoms with E-state index in [2.05, 4.69) is 10.2 Å². The fourth-order valence-corrected chi connectivity index (χ4v) is 3.69. The van der Waals surface area contributed by atoms with Crippen LogP contribution in [0.15, 0.2) is 17.3 Å². The van der Waals surface area contributed by atoms with Crippen LogP contribution >= 0.6 is 0 Å². The van der Waals surface area contributed by atoms with Crippen molar-refractivity contribution >= 4 is 10.0 Å². The van der Waals surface area contributed by atoms with E-state index in [1.54, 1.807) is 0 Å². The first-order valence-electron chi connectivity index (χ1n) is 5.19. The molecule has 0 amide bonds. The molecular formula is C9H15N3O3S. The van der Waals surface area contributed by atoms with Gasteiger partial charge in [-0.3, -0.25) is 5.10 Å². The molecule has 2 heterocycles. The maximum Gasteiger partial charge on any atom is 0.246 e. The molecule has 1 fully saturated rings. The van der Waals surface area contributed by atoms with Gasteiger partial charge >= 0.3 is 0 Å². The van der Waals surface area contributed by atoms with Crippen molar-refractivity contribution < 1.29 is 13.5 Å². The third-order valence-corrected chi connectivity index (χ3v) is 4.99. The molecule has 1 aromatic heterocycles. The lowest BCUT2D eigenvalue weighted by Gasteiger charge is -2.23. The first kappa shape index (κ1) is 11.6. The molecule has 7 heteroatoms. The number of H-pyrrole nitrogens is 1. The van der Waals surface area contributed by atoms with Gasteiger partial charge in [0.1, 0.15) is 4.90 Å². The van der Waals surface area contributed by atoms with E-state index in [4.69, 9.17) is 0 Å². The van der Waals surface area contributed by atoms with Crippen LogP contribution in [0.5, 0.6) is 0 Å². The molecule has 1 aliphatic heterocycles. The van der Waals surface area contributed by atoms with Gasteiger partial charge in [-0.1, -0.05) is 6.92 Å². The second kappa shape index (κ2) is 4.15. The van der Waals surface area contributed by atoms with Gasteiger partial charge in [-0.25, -0.2) is 8.42 Å². The Balaban J connectivity index is 2.32. The van der Waals surface area contributed by atoms with Crippen molar-refractivity contribution in [3.05, 3.63) is 12.4 Å². The molecular weight excluding hydrogens is 230 g/mol. The number of sulfonamides is 1. The third-order valence-electron chi connectivity index (χ3n) is 3.10. The van der Waals surface area contributed by atoms with Crippen LogP contribution in [0.2, 0.25) is 0 Å². The Bertz CT molecular complexity index is 443. The minimum absolute atomic E-state index is 0.141. The van der Waals surface area contributed by atoms with Crippen LogP contribution in [-0.4, -0.2) is 47.2 Å². The molecule has 90 valence electrons. The van der Waals surface area contributed by atoms with E-state index in [1.165, 1.54) is 16.7 Å². The molecule has 0 aliphatic carbocycles. The highest BCUT2D eigenvalue weighted by Gasteiger charge is 2.39. The Morgan fingerprint density at radius 1 is 1.69 bits per heavy atom. The Kier molecular flexibility index (Phi) is 3.00. The van der Waals surface area contributed by atoms with Crippen LogP contribution in [0.1, 0.15) is 13.3 Å². The summed E-state index contributed by atoms with van der Waals surface area (Å²) >= 11 is 0. The third kappa shape index (κ3) is 1.74. The molecule has 2 rings (SSSR count). The SMILES string of the molecule is CC1CCN(S(=O)(=O)c2cn[nH]c2)C1CO. The number of hydrogen-bond acceptors (Lipinski definition) is 4. The van der Waals surface area contributed by atoms with Crippen molar-refractivity contribution in [3.63, 3.8) is 0 Å². The summed E-state index contributed by atoms with van der Waals surface area (Å²) in [7, 11) is -3.51. The zero-order valence-corrected chi connectivity index (χ0v) is 9.81. The number of aliphatic hydroxyl groups is 1. The smallest absolute Gasteiger partial charge is 0.246 e. The lowest BCUT2D eigenvalue weighted by molar-refractivity contribution is 0.191. The van der Waals surface area contributed by atoms with Crippen LogP contribution < -0.4 is 0 Å². The molecule has 2 unspecified atom stereocenters. The molecule has 2 N–H and O–H groups in total. The van der Waals surface area contributed by atoms with E-state index in [-0.39, 0.29) is 23.5 Å². The van der Waals surface area contributed by atoms with E-state index < -0.39 is 10.0 Å². The van der Waals surface area contributed by atoms with E-state index in [0.29, 0.717) is 6.54 Å². The quantitative estimate of drug-likeness (QED) is 0.772. The minimum Gasteiger partial charge on any atom is -0.395 e. The van der Waals surface area contributed by atoms with Crippen molar-refractivity contribution in [2.45, 2.75) is 24.3 Å². The van der Waals surface area contributed by atoms with Gasteiger partial charge in [0.2, 0.25) is 10.0 Å². The maximum absolute atomic E-state index is 12.2. The number of nitrogens with zero attached hydrogens (tertiary/aromatic N) is 2. The van der Waals surface area contributed by atoms with E-state index >= 15 is 0 Å². The molecule has 0 radical (unpaired) electrons. The second-order valence-corrected chi connectivity index (χ2v) is 5.96. The Hall–Kier alpha value is -0.920. The summed E-state index contributed by atoms with van der Waals surface area (Å²) in [6.07, 6.45) is 3.42. The van der Waals surface area contributed by atoms with Gasteiger partial charge in [-0.2, -0.15) is 9.40 Å². The lowest BCUT2D eigenvalue weighted by atomic mass is 10.0. The monoisotopic (exact) mass is 245 g/mol. The van der Waals surface area contributed by atoms with Crippen LogP contribution in [0, 0.1) is 5.92 Å². The van der Waals surface area contributed by atoms with Crippen LogP contribution in [0.4, 0.5) is 0 Å². The summed E-state index contributed by atoms with van der Waals surface area (Å²) in [5, 5.41) is 15.4. The van der Waals surface area contributed by atoms with Crippen LogP contribution in [-0.2, 0) is 10.0 Å². The highest BCUT2D eigenvalue weighted by molar-refractivity contribution is 7.89. The molecule has 16 heavy (non-hydrogen) atoms. The number of aromatic nitrogens is 2. The zero-order valence-electron chi connectivity index (χ0n) is 9.00. The van der Waals surface area contributed by atoms with Gasteiger partial charge in [-0.05, 0) is 12.3 Å². The summed E-state index contributed by atoms with van der Waals surface area (Å²) in [5.41, 5.74) is 0. The van der Waals surface area contributed by atoms with Crippen molar-refractivity contribution in [1.29, 1.82) is 0 Å². The average Bonchev–Trinajstić information content (AvgIpc) is 2.85. The minimum atomic E-state index is -3.51.